The Labute approximate surface area is 87.2 Å². The van der Waals surface area contributed by atoms with Gasteiger partial charge in [0.05, 0.1) is 5.92 Å². The third kappa shape index (κ3) is 5.97. The third-order valence-electron chi connectivity index (χ3n) is 1.98. The summed E-state index contributed by atoms with van der Waals surface area (Å²) in [6.45, 7) is 8.57. The Hall–Kier alpha value is -0.570. The van der Waals surface area contributed by atoms with E-state index in [1.807, 2.05) is 34.7 Å². The van der Waals surface area contributed by atoms with Gasteiger partial charge in [0.25, 0.3) is 0 Å². The first-order chi connectivity index (χ1) is 6.40. The van der Waals surface area contributed by atoms with Gasteiger partial charge < -0.3 is 10.1 Å². The zero-order chi connectivity index (χ0) is 11.2. The molecule has 84 valence electrons. The molecule has 0 saturated heterocycles. The van der Waals surface area contributed by atoms with Gasteiger partial charge >= 0.3 is 5.97 Å². The van der Waals surface area contributed by atoms with Crippen molar-refractivity contribution in [2.45, 2.75) is 46.1 Å². The molecule has 0 heterocycles. The molecule has 1 N–H and O–H groups in total. The van der Waals surface area contributed by atoms with Crippen LogP contribution in [0.1, 0.15) is 40.5 Å². The van der Waals surface area contributed by atoms with Crippen LogP contribution >= 0.6 is 0 Å². The summed E-state index contributed by atoms with van der Waals surface area (Å²) in [7, 11) is 1.89. The minimum atomic E-state index is -0.371. The average molecular weight is 201 g/mol. The van der Waals surface area contributed by atoms with E-state index in [9.17, 15) is 4.79 Å². The Bertz CT molecular complexity index is 173. The topological polar surface area (TPSA) is 38.3 Å². The lowest BCUT2D eigenvalue weighted by atomic mass is 10.0. The first-order valence-electron chi connectivity index (χ1n) is 5.28. The number of hydrogen-bond donors (Lipinski definition) is 1. The van der Waals surface area contributed by atoms with Crippen molar-refractivity contribution in [2.24, 2.45) is 5.92 Å². The molecule has 3 heteroatoms. The highest BCUT2D eigenvalue weighted by Crippen LogP contribution is 2.15. The molecule has 0 amide bonds. The highest BCUT2D eigenvalue weighted by molar-refractivity contribution is 5.72. The largest absolute Gasteiger partial charge is 0.460 e. The minimum Gasteiger partial charge on any atom is -0.460 e. The highest BCUT2D eigenvalue weighted by Gasteiger charge is 2.23. The maximum absolute atomic E-state index is 11.6. The SMILES string of the molecule is CCC(CCNC)C(=O)OC(C)(C)C. The lowest BCUT2D eigenvalue weighted by molar-refractivity contribution is -0.160. The summed E-state index contributed by atoms with van der Waals surface area (Å²) in [6.07, 6.45) is 1.69. The Morgan fingerprint density at radius 3 is 2.36 bits per heavy atom. The van der Waals surface area contributed by atoms with Gasteiger partial charge in [-0.3, -0.25) is 4.79 Å². The Morgan fingerprint density at radius 1 is 1.43 bits per heavy atom. The summed E-state index contributed by atoms with van der Waals surface area (Å²) >= 11 is 0. The zero-order valence-electron chi connectivity index (χ0n) is 10.0. The molecule has 0 saturated carbocycles. The van der Waals surface area contributed by atoms with Crippen LogP contribution in [0.3, 0.4) is 0 Å². The van der Waals surface area contributed by atoms with Gasteiger partial charge in [-0.1, -0.05) is 6.92 Å². The minimum absolute atomic E-state index is 0.0293. The standard InChI is InChI=1S/C11H23NO2/c1-6-9(7-8-12-5)10(13)14-11(2,3)4/h9,12H,6-8H2,1-5H3. The number of carbonyl (C=O) groups is 1. The van der Waals surface area contributed by atoms with Crippen LogP contribution in [0.2, 0.25) is 0 Å². The van der Waals surface area contributed by atoms with E-state index in [0.717, 1.165) is 19.4 Å². The van der Waals surface area contributed by atoms with Crippen molar-refractivity contribution in [3.8, 4) is 0 Å². The molecule has 14 heavy (non-hydrogen) atoms. The summed E-state index contributed by atoms with van der Waals surface area (Å²) in [5, 5.41) is 3.04. The summed E-state index contributed by atoms with van der Waals surface area (Å²) in [6, 6.07) is 0. The van der Waals surface area contributed by atoms with Gasteiger partial charge in [0.1, 0.15) is 5.60 Å². The molecule has 0 bridgehead atoms. The summed E-state index contributed by atoms with van der Waals surface area (Å²) < 4.78 is 5.32. The second kappa shape index (κ2) is 6.02. The maximum atomic E-state index is 11.6. The van der Waals surface area contributed by atoms with E-state index < -0.39 is 0 Å². The molecule has 0 fully saturated rings. The predicted octanol–water partition coefficient (Wildman–Crippen LogP) is 1.96. The van der Waals surface area contributed by atoms with Crippen molar-refractivity contribution >= 4 is 5.97 Å². The first-order valence-corrected chi connectivity index (χ1v) is 5.28. The van der Waals surface area contributed by atoms with Crippen LogP contribution in [0, 0.1) is 5.92 Å². The second-order valence-electron chi connectivity index (χ2n) is 4.53. The summed E-state index contributed by atoms with van der Waals surface area (Å²) in [5.74, 6) is -0.0445. The lowest BCUT2D eigenvalue weighted by Gasteiger charge is -2.23. The van der Waals surface area contributed by atoms with Gasteiger partial charge in [0.15, 0.2) is 0 Å². The Morgan fingerprint density at radius 2 is 2.00 bits per heavy atom. The van der Waals surface area contributed by atoms with Crippen molar-refractivity contribution in [3.63, 3.8) is 0 Å². The molecule has 0 aromatic carbocycles. The highest BCUT2D eigenvalue weighted by atomic mass is 16.6. The molecule has 0 rings (SSSR count). The number of esters is 1. The molecule has 0 aromatic heterocycles. The van der Waals surface area contributed by atoms with Crippen LogP contribution in [0.15, 0.2) is 0 Å². The van der Waals surface area contributed by atoms with E-state index in [-0.39, 0.29) is 17.5 Å². The van der Waals surface area contributed by atoms with Gasteiger partial charge in [-0.25, -0.2) is 0 Å². The molecule has 0 aliphatic heterocycles. The smallest absolute Gasteiger partial charge is 0.309 e. The molecule has 3 nitrogen and oxygen atoms in total. The van der Waals surface area contributed by atoms with Crippen molar-refractivity contribution in [1.29, 1.82) is 0 Å². The first kappa shape index (κ1) is 13.4. The predicted molar refractivity (Wildman–Crippen MR) is 58.2 cm³/mol. The van der Waals surface area contributed by atoms with E-state index in [4.69, 9.17) is 4.74 Å². The van der Waals surface area contributed by atoms with Gasteiger partial charge in [-0.2, -0.15) is 0 Å². The van der Waals surface area contributed by atoms with Crippen LogP contribution in [0.5, 0.6) is 0 Å². The fourth-order valence-electron chi connectivity index (χ4n) is 1.19. The van der Waals surface area contributed by atoms with Crippen molar-refractivity contribution in [1.82, 2.24) is 5.32 Å². The Kier molecular flexibility index (Phi) is 5.77. The van der Waals surface area contributed by atoms with Crippen LogP contribution < -0.4 is 5.32 Å². The van der Waals surface area contributed by atoms with E-state index in [0.29, 0.717) is 0 Å². The number of ether oxygens (including phenoxy) is 1. The Balaban J connectivity index is 4.04. The third-order valence-corrected chi connectivity index (χ3v) is 1.98. The van der Waals surface area contributed by atoms with Gasteiger partial charge in [0, 0.05) is 0 Å². The fraction of sp³-hybridized carbons (Fsp3) is 0.909. The van der Waals surface area contributed by atoms with Crippen LogP contribution in [0.4, 0.5) is 0 Å². The molecule has 0 radical (unpaired) electrons. The number of rotatable bonds is 5. The second-order valence-corrected chi connectivity index (χ2v) is 4.53. The normalized spacial score (nSPS) is 13.8. The quantitative estimate of drug-likeness (QED) is 0.691. The zero-order valence-corrected chi connectivity index (χ0v) is 10.0. The molecular formula is C11H23NO2. The van der Waals surface area contributed by atoms with E-state index >= 15 is 0 Å². The monoisotopic (exact) mass is 201 g/mol. The van der Waals surface area contributed by atoms with Crippen LogP contribution in [0.25, 0.3) is 0 Å². The fourth-order valence-corrected chi connectivity index (χ4v) is 1.19. The van der Waals surface area contributed by atoms with Crippen LogP contribution in [-0.2, 0) is 9.53 Å². The molecular weight excluding hydrogens is 178 g/mol. The lowest BCUT2D eigenvalue weighted by Crippen LogP contribution is -2.29. The van der Waals surface area contributed by atoms with Gasteiger partial charge in [-0.15, -0.1) is 0 Å². The molecule has 0 aliphatic rings. The number of nitrogens with one attached hydrogen (secondary N) is 1. The van der Waals surface area contributed by atoms with E-state index in [1.54, 1.807) is 0 Å². The number of hydrogen-bond acceptors (Lipinski definition) is 3. The maximum Gasteiger partial charge on any atom is 0.309 e. The summed E-state index contributed by atoms with van der Waals surface area (Å²) in [4.78, 5) is 11.6. The number of carbonyl (C=O) groups excluding carboxylic acids is 1. The van der Waals surface area contributed by atoms with Gasteiger partial charge in [0.2, 0.25) is 0 Å². The molecule has 0 spiro atoms. The molecule has 0 aromatic rings. The average Bonchev–Trinajstić information content (AvgIpc) is 2.02. The van der Waals surface area contributed by atoms with Crippen molar-refractivity contribution < 1.29 is 9.53 Å². The van der Waals surface area contributed by atoms with Gasteiger partial charge in [-0.05, 0) is 47.2 Å². The van der Waals surface area contributed by atoms with Crippen LogP contribution in [-0.4, -0.2) is 25.2 Å². The summed E-state index contributed by atoms with van der Waals surface area (Å²) in [5.41, 5.74) is -0.371. The molecule has 0 aliphatic carbocycles. The van der Waals surface area contributed by atoms with E-state index in [1.165, 1.54) is 0 Å². The van der Waals surface area contributed by atoms with Crippen molar-refractivity contribution in [2.75, 3.05) is 13.6 Å². The molecule has 1 atom stereocenters. The van der Waals surface area contributed by atoms with E-state index in [2.05, 4.69) is 5.32 Å². The molecule has 1 unspecified atom stereocenters. The van der Waals surface area contributed by atoms with Crippen molar-refractivity contribution in [3.05, 3.63) is 0 Å².